The molecule has 0 fully saturated rings. The number of nitrogens with zero attached hydrogens (tertiary/aromatic N) is 1. The van der Waals surface area contributed by atoms with Crippen LogP contribution in [0, 0.1) is 13.8 Å². The highest BCUT2D eigenvalue weighted by molar-refractivity contribution is 7.17. The average molecular weight is 409 g/mol. The number of carbonyl (C=O) groups excluding carboxylic acids is 2. The van der Waals surface area contributed by atoms with Gasteiger partial charge in [0.1, 0.15) is 18.1 Å². The van der Waals surface area contributed by atoms with Crippen LogP contribution in [0.3, 0.4) is 0 Å². The Morgan fingerprint density at radius 2 is 1.72 bits per heavy atom. The zero-order valence-electron chi connectivity index (χ0n) is 15.9. The number of thiazole rings is 1. The Morgan fingerprint density at radius 3 is 2.52 bits per heavy atom. The molecule has 2 N–H and O–H groups in total. The molecule has 0 saturated carbocycles. The third-order valence-corrected chi connectivity index (χ3v) is 5.48. The summed E-state index contributed by atoms with van der Waals surface area (Å²) in [6.07, 6.45) is 0. The molecule has 1 aromatic heterocycles. The summed E-state index contributed by atoms with van der Waals surface area (Å²) in [5, 5.41) is 5.99. The quantitative estimate of drug-likeness (QED) is 0.679. The van der Waals surface area contributed by atoms with Crippen LogP contribution in [0.1, 0.15) is 31.3 Å². The van der Waals surface area contributed by atoms with Crippen molar-refractivity contribution in [2.45, 2.75) is 13.8 Å². The predicted molar refractivity (Wildman–Crippen MR) is 111 cm³/mol. The van der Waals surface area contributed by atoms with Crippen LogP contribution < -0.4 is 20.1 Å². The lowest BCUT2D eigenvalue weighted by Gasteiger charge is -2.18. The number of ether oxygens (including phenoxy) is 2. The van der Waals surface area contributed by atoms with Gasteiger partial charge in [0.25, 0.3) is 11.8 Å². The maximum Gasteiger partial charge on any atom is 0.267 e. The van der Waals surface area contributed by atoms with Crippen molar-refractivity contribution in [3.63, 3.8) is 0 Å². The Balaban J connectivity index is 1.48. The molecule has 4 rings (SSSR count). The molecule has 0 bridgehead atoms. The first-order valence-electron chi connectivity index (χ1n) is 9.06. The van der Waals surface area contributed by atoms with Crippen molar-refractivity contribution >= 4 is 34.0 Å². The normalized spacial score (nSPS) is 12.3. The minimum Gasteiger partial charge on any atom is -0.486 e. The van der Waals surface area contributed by atoms with Gasteiger partial charge in [-0.25, -0.2) is 4.98 Å². The van der Waals surface area contributed by atoms with Crippen LogP contribution in [-0.2, 0) is 0 Å². The fraction of sp³-hybridized carbons (Fsp3) is 0.190. The molecule has 148 valence electrons. The standard InChI is InChI=1S/C21H19N3O4S/c1-12-5-3-4-6-15(12)19(25)24-21-22-13(2)18(29-21)20(26)23-14-7-8-16-17(11-14)28-10-9-27-16/h3-8,11H,9-10H2,1-2H3,(H,23,26)(H,22,24,25). The third kappa shape index (κ3) is 4.07. The van der Waals surface area contributed by atoms with Crippen molar-refractivity contribution in [2.75, 3.05) is 23.8 Å². The first-order chi connectivity index (χ1) is 14.0. The van der Waals surface area contributed by atoms with Crippen molar-refractivity contribution in [3.8, 4) is 11.5 Å². The lowest BCUT2D eigenvalue weighted by Crippen LogP contribution is -2.16. The van der Waals surface area contributed by atoms with E-state index in [1.54, 1.807) is 37.3 Å². The third-order valence-electron chi connectivity index (χ3n) is 4.41. The highest BCUT2D eigenvalue weighted by Gasteiger charge is 2.19. The van der Waals surface area contributed by atoms with E-state index in [4.69, 9.17) is 9.47 Å². The summed E-state index contributed by atoms with van der Waals surface area (Å²) in [7, 11) is 0. The molecule has 1 aliphatic heterocycles. The molecule has 8 heteroatoms. The van der Waals surface area contributed by atoms with Crippen molar-refractivity contribution in [1.82, 2.24) is 4.98 Å². The number of aryl methyl sites for hydroxylation is 2. The van der Waals surface area contributed by atoms with Crippen LogP contribution in [0.4, 0.5) is 10.8 Å². The molecule has 1 aliphatic rings. The Morgan fingerprint density at radius 1 is 0.966 bits per heavy atom. The van der Waals surface area contributed by atoms with E-state index in [9.17, 15) is 9.59 Å². The van der Waals surface area contributed by atoms with E-state index in [-0.39, 0.29) is 11.8 Å². The van der Waals surface area contributed by atoms with E-state index >= 15 is 0 Å². The maximum absolute atomic E-state index is 12.7. The zero-order chi connectivity index (χ0) is 20.4. The second kappa shape index (κ2) is 7.92. The van der Waals surface area contributed by atoms with Crippen LogP contribution in [0.25, 0.3) is 0 Å². The van der Waals surface area contributed by atoms with Gasteiger partial charge in [-0.05, 0) is 37.6 Å². The summed E-state index contributed by atoms with van der Waals surface area (Å²) < 4.78 is 11.0. The van der Waals surface area contributed by atoms with Gasteiger partial charge in [-0.2, -0.15) is 0 Å². The second-order valence-corrected chi connectivity index (χ2v) is 7.51. The van der Waals surface area contributed by atoms with Crippen molar-refractivity contribution in [3.05, 3.63) is 64.2 Å². The summed E-state index contributed by atoms with van der Waals surface area (Å²) in [5.41, 5.74) is 2.58. The van der Waals surface area contributed by atoms with Crippen LogP contribution in [0.2, 0.25) is 0 Å². The Kier molecular flexibility index (Phi) is 5.18. The number of carbonyl (C=O) groups is 2. The van der Waals surface area contributed by atoms with E-state index in [2.05, 4.69) is 15.6 Å². The second-order valence-electron chi connectivity index (χ2n) is 6.52. The number of anilines is 2. The topological polar surface area (TPSA) is 89.6 Å². The van der Waals surface area contributed by atoms with Gasteiger partial charge >= 0.3 is 0 Å². The fourth-order valence-electron chi connectivity index (χ4n) is 2.96. The molecule has 2 amide bonds. The highest BCUT2D eigenvalue weighted by atomic mass is 32.1. The molecule has 0 saturated heterocycles. The summed E-state index contributed by atoms with van der Waals surface area (Å²) in [5.74, 6) is 0.703. The summed E-state index contributed by atoms with van der Waals surface area (Å²) in [6.45, 7) is 4.59. The maximum atomic E-state index is 12.7. The van der Waals surface area contributed by atoms with Gasteiger partial charge in [-0.3, -0.25) is 14.9 Å². The molecular formula is C21H19N3O4S. The minimum absolute atomic E-state index is 0.254. The van der Waals surface area contributed by atoms with E-state index in [1.165, 1.54) is 0 Å². The van der Waals surface area contributed by atoms with Crippen molar-refractivity contribution in [2.24, 2.45) is 0 Å². The number of fused-ring (bicyclic) bond motifs is 1. The summed E-state index contributed by atoms with van der Waals surface area (Å²) in [4.78, 5) is 29.9. The molecule has 0 atom stereocenters. The molecule has 2 heterocycles. The molecule has 0 aliphatic carbocycles. The largest absolute Gasteiger partial charge is 0.486 e. The molecule has 3 aromatic rings. The number of benzene rings is 2. The van der Waals surface area contributed by atoms with Gasteiger partial charge in [-0.1, -0.05) is 29.5 Å². The number of hydrogen-bond donors (Lipinski definition) is 2. The van der Waals surface area contributed by atoms with E-state index < -0.39 is 0 Å². The molecule has 0 spiro atoms. The SMILES string of the molecule is Cc1ccccc1C(=O)Nc1nc(C)c(C(=O)Nc2ccc3c(c2)OCCO3)s1. The zero-order valence-corrected chi connectivity index (χ0v) is 16.8. The van der Waals surface area contributed by atoms with E-state index in [1.807, 2.05) is 19.1 Å². The molecule has 29 heavy (non-hydrogen) atoms. The Bertz CT molecular complexity index is 1090. The monoisotopic (exact) mass is 409 g/mol. The van der Waals surface area contributed by atoms with E-state index in [0.717, 1.165) is 16.9 Å². The number of amides is 2. The van der Waals surface area contributed by atoms with Crippen LogP contribution >= 0.6 is 11.3 Å². The Hall–Kier alpha value is -3.39. The lowest BCUT2D eigenvalue weighted by atomic mass is 10.1. The van der Waals surface area contributed by atoms with Crippen molar-refractivity contribution in [1.29, 1.82) is 0 Å². The molecule has 0 unspecified atom stereocenters. The van der Waals surface area contributed by atoms with Gasteiger partial charge in [-0.15, -0.1) is 0 Å². The Labute approximate surface area is 171 Å². The molecule has 0 radical (unpaired) electrons. The van der Waals surface area contributed by atoms with Gasteiger partial charge < -0.3 is 14.8 Å². The van der Waals surface area contributed by atoms with Gasteiger partial charge in [0.2, 0.25) is 0 Å². The number of aromatic nitrogens is 1. The van der Waals surface area contributed by atoms with Gasteiger partial charge in [0, 0.05) is 17.3 Å². The summed E-state index contributed by atoms with van der Waals surface area (Å²) in [6, 6.07) is 12.5. The summed E-state index contributed by atoms with van der Waals surface area (Å²) >= 11 is 1.13. The van der Waals surface area contributed by atoms with Crippen LogP contribution in [0.15, 0.2) is 42.5 Å². The van der Waals surface area contributed by atoms with Crippen molar-refractivity contribution < 1.29 is 19.1 Å². The van der Waals surface area contributed by atoms with Gasteiger partial charge in [0.05, 0.1) is 5.69 Å². The first-order valence-corrected chi connectivity index (χ1v) is 9.88. The molecule has 2 aromatic carbocycles. The number of nitrogens with one attached hydrogen (secondary N) is 2. The molecular weight excluding hydrogens is 390 g/mol. The highest BCUT2D eigenvalue weighted by Crippen LogP contribution is 2.33. The number of hydrogen-bond acceptors (Lipinski definition) is 6. The smallest absolute Gasteiger partial charge is 0.267 e. The van der Waals surface area contributed by atoms with E-state index in [0.29, 0.717) is 51.7 Å². The predicted octanol–water partition coefficient (Wildman–Crippen LogP) is 4.04. The molecule has 7 nitrogen and oxygen atoms in total. The average Bonchev–Trinajstić information content (AvgIpc) is 3.08. The lowest BCUT2D eigenvalue weighted by molar-refractivity contribution is 0.101. The van der Waals surface area contributed by atoms with Crippen LogP contribution in [0.5, 0.6) is 11.5 Å². The number of rotatable bonds is 4. The first kappa shape index (κ1) is 18.9. The minimum atomic E-state index is -0.298. The van der Waals surface area contributed by atoms with Gasteiger partial charge in [0.15, 0.2) is 16.6 Å². The fourth-order valence-corrected chi connectivity index (χ4v) is 3.82. The van der Waals surface area contributed by atoms with Crippen LogP contribution in [-0.4, -0.2) is 30.0 Å².